The number of halogens is 1. The van der Waals surface area contributed by atoms with E-state index in [9.17, 15) is 12.8 Å². The zero-order chi connectivity index (χ0) is 17.0. The highest BCUT2D eigenvalue weighted by atomic mass is 32.2. The number of ether oxygens (including phenoxy) is 2. The minimum absolute atomic E-state index is 0.0135. The maximum Gasteiger partial charge on any atom is 0.244 e. The van der Waals surface area contributed by atoms with Crippen molar-refractivity contribution >= 4 is 10.0 Å². The standard InChI is InChI=1S/C16H18FNO4S/c1-11-8-12(4-6-14(11)17)10-18-23(19,20)16-7-5-13(21-2)9-15(16)22-3/h4-9,18H,10H2,1-3H3. The zero-order valence-corrected chi connectivity index (χ0v) is 13.9. The molecule has 0 aliphatic heterocycles. The van der Waals surface area contributed by atoms with Crippen LogP contribution in [0, 0.1) is 12.7 Å². The normalized spacial score (nSPS) is 11.3. The molecule has 0 radical (unpaired) electrons. The first-order valence-corrected chi connectivity index (χ1v) is 8.32. The average Bonchev–Trinajstić information content (AvgIpc) is 2.55. The van der Waals surface area contributed by atoms with Crippen molar-refractivity contribution in [2.75, 3.05) is 14.2 Å². The summed E-state index contributed by atoms with van der Waals surface area (Å²) in [6, 6.07) is 8.90. The van der Waals surface area contributed by atoms with Gasteiger partial charge in [-0.15, -0.1) is 0 Å². The number of methoxy groups -OCH3 is 2. The van der Waals surface area contributed by atoms with Crippen LogP contribution >= 0.6 is 0 Å². The molecule has 0 bridgehead atoms. The molecule has 1 N–H and O–H groups in total. The molecule has 23 heavy (non-hydrogen) atoms. The highest BCUT2D eigenvalue weighted by Gasteiger charge is 2.20. The molecule has 2 aromatic rings. The number of hydrogen-bond donors (Lipinski definition) is 1. The average molecular weight is 339 g/mol. The molecule has 0 spiro atoms. The van der Waals surface area contributed by atoms with Crippen molar-refractivity contribution in [1.29, 1.82) is 0 Å². The highest BCUT2D eigenvalue weighted by molar-refractivity contribution is 7.89. The van der Waals surface area contributed by atoms with Gasteiger partial charge in [0.05, 0.1) is 14.2 Å². The van der Waals surface area contributed by atoms with Crippen LogP contribution in [0.2, 0.25) is 0 Å². The second kappa shape index (κ2) is 6.97. The van der Waals surface area contributed by atoms with Crippen molar-refractivity contribution in [3.8, 4) is 11.5 Å². The second-order valence-electron chi connectivity index (χ2n) is 4.92. The van der Waals surface area contributed by atoms with Crippen LogP contribution in [-0.4, -0.2) is 22.6 Å². The van der Waals surface area contributed by atoms with Crippen LogP contribution in [0.1, 0.15) is 11.1 Å². The van der Waals surface area contributed by atoms with Gasteiger partial charge in [-0.25, -0.2) is 17.5 Å². The number of sulfonamides is 1. The van der Waals surface area contributed by atoms with Gasteiger partial charge < -0.3 is 9.47 Å². The number of aryl methyl sites for hydroxylation is 1. The van der Waals surface area contributed by atoms with Crippen molar-refractivity contribution < 1.29 is 22.3 Å². The smallest absolute Gasteiger partial charge is 0.244 e. The first-order chi connectivity index (χ1) is 10.9. The molecule has 0 saturated carbocycles. The van der Waals surface area contributed by atoms with E-state index in [1.54, 1.807) is 19.1 Å². The molecule has 0 unspecified atom stereocenters. The summed E-state index contributed by atoms with van der Waals surface area (Å²) in [4.78, 5) is 0.0135. The Labute approximate surface area is 135 Å². The minimum atomic E-state index is -3.77. The van der Waals surface area contributed by atoms with Gasteiger partial charge in [-0.2, -0.15) is 0 Å². The third-order valence-corrected chi connectivity index (χ3v) is 4.79. The Kier molecular flexibility index (Phi) is 5.23. The van der Waals surface area contributed by atoms with Crippen molar-refractivity contribution in [2.24, 2.45) is 0 Å². The van der Waals surface area contributed by atoms with Crippen LogP contribution in [0.3, 0.4) is 0 Å². The highest BCUT2D eigenvalue weighted by Crippen LogP contribution is 2.28. The molecule has 0 atom stereocenters. The summed E-state index contributed by atoms with van der Waals surface area (Å²) < 4.78 is 50.7. The molecule has 0 saturated heterocycles. The molecule has 124 valence electrons. The predicted octanol–water partition coefficient (Wildman–Crippen LogP) is 2.63. The lowest BCUT2D eigenvalue weighted by molar-refractivity contribution is 0.386. The summed E-state index contributed by atoms with van der Waals surface area (Å²) >= 11 is 0. The lowest BCUT2D eigenvalue weighted by Crippen LogP contribution is -2.23. The molecule has 7 heteroatoms. The summed E-state index contributed by atoms with van der Waals surface area (Å²) in [5.41, 5.74) is 1.13. The molecule has 0 aliphatic carbocycles. The van der Waals surface area contributed by atoms with Gasteiger partial charge in [-0.05, 0) is 36.2 Å². The molecule has 5 nitrogen and oxygen atoms in total. The van der Waals surface area contributed by atoms with Crippen molar-refractivity contribution in [2.45, 2.75) is 18.4 Å². The molecule has 0 amide bonds. The van der Waals surface area contributed by atoms with Crippen LogP contribution in [-0.2, 0) is 16.6 Å². The monoisotopic (exact) mass is 339 g/mol. The molecule has 2 aromatic carbocycles. The Bertz CT molecular complexity index is 806. The van der Waals surface area contributed by atoms with Gasteiger partial charge in [0, 0.05) is 12.6 Å². The zero-order valence-electron chi connectivity index (χ0n) is 13.1. The Morgan fingerprint density at radius 2 is 1.83 bits per heavy atom. The fraction of sp³-hybridized carbons (Fsp3) is 0.250. The van der Waals surface area contributed by atoms with Gasteiger partial charge in [0.25, 0.3) is 0 Å². The molecular formula is C16H18FNO4S. The Morgan fingerprint density at radius 3 is 2.43 bits per heavy atom. The molecular weight excluding hydrogens is 321 g/mol. The van der Waals surface area contributed by atoms with Crippen LogP contribution < -0.4 is 14.2 Å². The van der Waals surface area contributed by atoms with Gasteiger partial charge in [-0.3, -0.25) is 0 Å². The summed E-state index contributed by atoms with van der Waals surface area (Å²) in [6.07, 6.45) is 0. The fourth-order valence-electron chi connectivity index (χ4n) is 2.07. The van der Waals surface area contributed by atoms with E-state index in [4.69, 9.17) is 9.47 Å². The third kappa shape index (κ3) is 4.00. The maximum absolute atomic E-state index is 13.2. The van der Waals surface area contributed by atoms with E-state index >= 15 is 0 Å². The Balaban J connectivity index is 2.23. The molecule has 0 aromatic heterocycles. The largest absolute Gasteiger partial charge is 0.497 e. The number of benzene rings is 2. The van der Waals surface area contributed by atoms with E-state index in [0.717, 1.165) is 0 Å². The van der Waals surface area contributed by atoms with E-state index in [2.05, 4.69) is 4.72 Å². The van der Waals surface area contributed by atoms with Crippen molar-refractivity contribution in [1.82, 2.24) is 4.72 Å². The molecule has 2 rings (SSSR count). The van der Waals surface area contributed by atoms with Gasteiger partial charge in [0.2, 0.25) is 10.0 Å². The summed E-state index contributed by atoms with van der Waals surface area (Å²) in [5.74, 6) is 0.357. The Morgan fingerprint density at radius 1 is 1.09 bits per heavy atom. The predicted molar refractivity (Wildman–Crippen MR) is 84.7 cm³/mol. The molecule has 0 fully saturated rings. The van der Waals surface area contributed by atoms with Crippen molar-refractivity contribution in [3.63, 3.8) is 0 Å². The van der Waals surface area contributed by atoms with Crippen LogP contribution in [0.4, 0.5) is 4.39 Å². The van der Waals surface area contributed by atoms with E-state index in [0.29, 0.717) is 16.9 Å². The lowest BCUT2D eigenvalue weighted by Gasteiger charge is -2.12. The first-order valence-electron chi connectivity index (χ1n) is 6.84. The van der Waals surface area contributed by atoms with Crippen LogP contribution in [0.25, 0.3) is 0 Å². The number of hydrogen-bond acceptors (Lipinski definition) is 4. The van der Waals surface area contributed by atoms with Crippen LogP contribution in [0.15, 0.2) is 41.3 Å². The summed E-state index contributed by atoms with van der Waals surface area (Å²) in [5, 5.41) is 0. The second-order valence-corrected chi connectivity index (χ2v) is 6.66. The van der Waals surface area contributed by atoms with Gasteiger partial charge in [-0.1, -0.05) is 12.1 Å². The fourth-order valence-corrected chi connectivity index (χ4v) is 3.24. The topological polar surface area (TPSA) is 64.6 Å². The van der Waals surface area contributed by atoms with E-state index in [1.165, 1.54) is 38.5 Å². The van der Waals surface area contributed by atoms with Crippen LogP contribution in [0.5, 0.6) is 11.5 Å². The van der Waals surface area contributed by atoms with Gasteiger partial charge in [0.1, 0.15) is 22.2 Å². The summed E-state index contributed by atoms with van der Waals surface area (Å²) in [7, 11) is -0.903. The molecule has 0 aliphatic rings. The number of rotatable bonds is 6. The van der Waals surface area contributed by atoms with E-state index < -0.39 is 10.0 Å². The molecule has 0 heterocycles. The Hall–Kier alpha value is -2.12. The van der Waals surface area contributed by atoms with Gasteiger partial charge >= 0.3 is 0 Å². The summed E-state index contributed by atoms with van der Waals surface area (Å²) in [6.45, 7) is 1.68. The SMILES string of the molecule is COc1ccc(S(=O)(=O)NCc2ccc(F)c(C)c2)c(OC)c1. The first kappa shape index (κ1) is 17.2. The van der Waals surface area contributed by atoms with E-state index in [1.807, 2.05) is 0 Å². The van der Waals surface area contributed by atoms with Crippen molar-refractivity contribution in [3.05, 3.63) is 53.3 Å². The number of nitrogens with one attached hydrogen (secondary N) is 1. The minimum Gasteiger partial charge on any atom is -0.497 e. The van der Waals surface area contributed by atoms with E-state index in [-0.39, 0.29) is 23.0 Å². The maximum atomic E-state index is 13.2. The quantitative estimate of drug-likeness (QED) is 0.879. The van der Waals surface area contributed by atoms with Gasteiger partial charge in [0.15, 0.2) is 0 Å². The third-order valence-electron chi connectivity index (χ3n) is 3.35. The lowest BCUT2D eigenvalue weighted by atomic mass is 10.1.